The summed E-state index contributed by atoms with van der Waals surface area (Å²) in [6.07, 6.45) is 2.51. The second-order valence-electron chi connectivity index (χ2n) is 2.81. The summed E-state index contributed by atoms with van der Waals surface area (Å²) < 4.78 is 4.93. The Morgan fingerprint density at radius 3 is 2.92 bits per heavy atom. The van der Waals surface area contributed by atoms with E-state index in [9.17, 15) is 0 Å². The molecule has 0 saturated heterocycles. The van der Waals surface area contributed by atoms with Crippen LogP contribution in [-0.2, 0) is 6.42 Å². The van der Waals surface area contributed by atoms with Crippen LogP contribution in [0.1, 0.15) is 25.6 Å². The molecule has 0 unspecified atom stereocenters. The van der Waals surface area contributed by atoms with E-state index < -0.39 is 0 Å². The van der Waals surface area contributed by atoms with Crippen molar-refractivity contribution in [2.45, 2.75) is 20.3 Å². The maximum atomic E-state index is 5.33. The Morgan fingerprint density at radius 2 is 2.33 bits per heavy atom. The molecule has 1 aromatic heterocycles. The van der Waals surface area contributed by atoms with Gasteiger partial charge in [-0.25, -0.2) is 0 Å². The molecule has 0 aromatic carbocycles. The SMILES string of the molecule is CC(C)=Cc1nc(CCN)no1. The van der Waals surface area contributed by atoms with Crippen LogP contribution in [0, 0.1) is 0 Å². The zero-order valence-corrected chi connectivity index (χ0v) is 7.37. The summed E-state index contributed by atoms with van der Waals surface area (Å²) in [6.45, 7) is 4.51. The number of allylic oxidation sites excluding steroid dienone is 1. The van der Waals surface area contributed by atoms with Crippen molar-refractivity contribution in [3.63, 3.8) is 0 Å². The maximum absolute atomic E-state index is 5.33. The summed E-state index contributed by atoms with van der Waals surface area (Å²) in [5.41, 5.74) is 6.47. The van der Waals surface area contributed by atoms with E-state index in [1.807, 2.05) is 19.9 Å². The lowest BCUT2D eigenvalue weighted by atomic mass is 10.3. The Bertz CT molecular complexity index is 274. The van der Waals surface area contributed by atoms with E-state index in [2.05, 4.69) is 10.1 Å². The Hall–Kier alpha value is -1.16. The Kier molecular flexibility index (Phi) is 2.99. The molecule has 4 nitrogen and oxygen atoms in total. The smallest absolute Gasteiger partial charge is 0.250 e. The van der Waals surface area contributed by atoms with Gasteiger partial charge in [-0.2, -0.15) is 4.98 Å². The minimum Gasteiger partial charge on any atom is -0.335 e. The van der Waals surface area contributed by atoms with Gasteiger partial charge in [-0.3, -0.25) is 0 Å². The fraction of sp³-hybridized carbons (Fsp3) is 0.500. The lowest BCUT2D eigenvalue weighted by Crippen LogP contribution is -2.03. The second kappa shape index (κ2) is 4.01. The van der Waals surface area contributed by atoms with Crippen molar-refractivity contribution in [3.05, 3.63) is 17.3 Å². The monoisotopic (exact) mass is 167 g/mol. The van der Waals surface area contributed by atoms with Crippen molar-refractivity contribution in [3.8, 4) is 0 Å². The molecule has 0 aliphatic carbocycles. The van der Waals surface area contributed by atoms with Crippen LogP contribution in [-0.4, -0.2) is 16.7 Å². The number of hydrogen-bond donors (Lipinski definition) is 1. The van der Waals surface area contributed by atoms with Crippen LogP contribution in [0.15, 0.2) is 10.1 Å². The van der Waals surface area contributed by atoms with E-state index in [-0.39, 0.29) is 0 Å². The lowest BCUT2D eigenvalue weighted by molar-refractivity contribution is 0.403. The number of nitrogens with two attached hydrogens (primary N) is 1. The number of rotatable bonds is 3. The molecule has 1 aromatic rings. The molecule has 0 aliphatic heterocycles. The molecular weight excluding hydrogens is 154 g/mol. The highest BCUT2D eigenvalue weighted by Crippen LogP contribution is 2.03. The molecule has 1 rings (SSSR count). The van der Waals surface area contributed by atoms with Gasteiger partial charge in [-0.1, -0.05) is 10.7 Å². The summed E-state index contributed by atoms with van der Waals surface area (Å²) in [4.78, 5) is 4.11. The fourth-order valence-electron chi connectivity index (χ4n) is 0.804. The van der Waals surface area contributed by atoms with Gasteiger partial charge < -0.3 is 10.3 Å². The van der Waals surface area contributed by atoms with E-state index in [0.717, 1.165) is 5.57 Å². The van der Waals surface area contributed by atoms with E-state index >= 15 is 0 Å². The van der Waals surface area contributed by atoms with Gasteiger partial charge in [0.2, 0.25) is 0 Å². The molecule has 2 N–H and O–H groups in total. The molecule has 0 amide bonds. The molecule has 0 bridgehead atoms. The van der Waals surface area contributed by atoms with Crippen LogP contribution >= 0.6 is 0 Å². The average molecular weight is 167 g/mol. The fourth-order valence-corrected chi connectivity index (χ4v) is 0.804. The van der Waals surface area contributed by atoms with E-state index in [1.54, 1.807) is 0 Å². The molecule has 0 atom stereocenters. The molecule has 0 fully saturated rings. The first-order valence-corrected chi connectivity index (χ1v) is 3.90. The van der Waals surface area contributed by atoms with Gasteiger partial charge in [0.25, 0.3) is 5.89 Å². The highest BCUT2D eigenvalue weighted by atomic mass is 16.5. The van der Waals surface area contributed by atoms with Gasteiger partial charge in [-0.15, -0.1) is 0 Å². The highest BCUT2D eigenvalue weighted by Gasteiger charge is 2.01. The molecule has 12 heavy (non-hydrogen) atoms. The van der Waals surface area contributed by atoms with Crippen LogP contribution in [0.3, 0.4) is 0 Å². The summed E-state index contributed by atoms with van der Waals surface area (Å²) in [6, 6.07) is 0. The maximum Gasteiger partial charge on any atom is 0.250 e. The van der Waals surface area contributed by atoms with Crippen molar-refractivity contribution in [1.82, 2.24) is 10.1 Å². The molecule has 0 radical (unpaired) electrons. The highest BCUT2D eigenvalue weighted by molar-refractivity contribution is 5.41. The minimum atomic E-state index is 0.549. The van der Waals surface area contributed by atoms with Crippen LogP contribution in [0.4, 0.5) is 0 Å². The number of hydrogen-bond acceptors (Lipinski definition) is 4. The Balaban J connectivity index is 2.71. The molecule has 0 saturated carbocycles. The van der Waals surface area contributed by atoms with Gasteiger partial charge in [0.1, 0.15) is 0 Å². The van der Waals surface area contributed by atoms with Crippen LogP contribution < -0.4 is 5.73 Å². The summed E-state index contributed by atoms with van der Waals surface area (Å²) >= 11 is 0. The van der Waals surface area contributed by atoms with Crippen molar-refractivity contribution < 1.29 is 4.52 Å². The van der Waals surface area contributed by atoms with Crippen LogP contribution in [0.2, 0.25) is 0 Å². The first kappa shape index (κ1) is 8.93. The van der Waals surface area contributed by atoms with Gasteiger partial charge in [0, 0.05) is 12.5 Å². The van der Waals surface area contributed by atoms with E-state index in [1.165, 1.54) is 0 Å². The van der Waals surface area contributed by atoms with Gasteiger partial charge in [0.05, 0.1) is 0 Å². The average Bonchev–Trinajstić information content (AvgIpc) is 2.36. The predicted octanol–water partition coefficient (Wildman–Crippen LogP) is 0.994. The largest absolute Gasteiger partial charge is 0.335 e. The zero-order chi connectivity index (χ0) is 8.97. The second-order valence-corrected chi connectivity index (χ2v) is 2.81. The lowest BCUT2D eigenvalue weighted by Gasteiger charge is -1.84. The molecule has 0 aliphatic rings. The van der Waals surface area contributed by atoms with Gasteiger partial charge in [0.15, 0.2) is 5.82 Å². The van der Waals surface area contributed by atoms with Gasteiger partial charge >= 0.3 is 0 Å². The first-order chi connectivity index (χ1) is 5.72. The third kappa shape index (κ3) is 2.47. The summed E-state index contributed by atoms with van der Waals surface area (Å²) in [5, 5.41) is 3.75. The van der Waals surface area contributed by atoms with Crippen molar-refractivity contribution >= 4 is 6.08 Å². The van der Waals surface area contributed by atoms with Crippen molar-refractivity contribution in [2.24, 2.45) is 5.73 Å². The molecule has 1 heterocycles. The zero-order valence-electron chi connectivity index (χ0n) is 7.37. The number of aromatic nitrogens is 2. The third-order valence-corrected chi connectivity index (χ3v) is 1.26. The summed E-state index contributed by atoms with van der Waals surface area (Å²) in [7, 11) is 0. The molecule has 66 valence electrons. The van der Waals surface area contributed by atoms with Crippen molar-refractivity contribution in [1.29, 1.82) is 0 Å². The molecule has 0 spiro atoms. The van der Waals surface area contributed by atoms with E-state index in [0.29, 0.717) is 24.7 Å². The molecular formula is C8H13N3O. The predicted molar refractivity (Wildman–Crippen MR) is 46.4 cm³/mol. The minimum absolute atomic E-state index is 0.549. The van der Waals surface area contributed by atoms with Crippen LogP contribution in [0.5, 0.6) is 0 Å². The summed E-state index contributed by atoms with van der Waals surface area (Å²) in [5.74, 6) is 1.23. The Labute approximate surface area is 71.5 Å². The third-order valence-electron chi connectivity index (χ3n) is 1.26. The number of nitrogens with zero attached hydrogens (tertiary/aromatic N) is 2. The normalized spacial score (nSPS) is 9.92. The van der Waals surface area contributed by atoms with Crippen LogP contribution in [0.25, 0.3) is 6.08 Å². The quantitative estimate of drug-likeness (QED) is 0.729. The Morgan fingerprint density at radius 1 is 1.58 bits per heavy atom. The van der Waals surface area contributed by atoms with E-state index in [4.69, 9.17) is 10.3 Å². The van der Waals surface area contributed by atoms with Gasteiger partial charge in [-0.05, 0) is 20.4 Å². The first-order valence-electron chi connectivity index (χ1n) is 3.90. The topological polar surface area (TPSA) is 64.9 Å². The van der Waals surface area contributed by atoms with Crippen molar-refractivity contribution in [2.75, 3.05) is 6.54 Å². The molecule has 4 heteroatoms. The standard InChI is InChI=1S/C8H13N3O/c1-6(2)5-8-10-7(3-4-9)11-12-8/h5H,3-4,9H2,1-2H3.